The molecule has 0 spiro atoms. The fourth-order valence-electron chi connectivity index (χ4n) is 2.83. The number of aliphatic hydroxyl groups is 1. The van der Waals surface area contributed by atoms with E-state index in [1.165, 1.54) is 12.3 Å². The third-order valence-corrected chi connectivity index (χ3v) is 4.22. The fourth-order valence-corrected chi connectivity index (χ4v) is 3.02. The highest BCUT2D eigenvalue weighted by molar-refractivity contribution is 6.30. The highest BCUT2D eigenvalue weighted by atomic mass is 35.5. The van der Waals surface area contributed by atoms with Crippen LogP contribution in [-0.2, 0) is 0 Å². The summed E-state index contributed by atoms with van der Waals surface area (Å²) in [6.45, 7) is 0. The molecule has 1 saturated carbocycles. The summed E-state index contributed by atoms with van der Waals surface area (Å²) in [5.41, 5.74) is -0.372. The highest BCUT2D eigenvalue weighted by Gasteiger charge is 2.34. The number of amides is 1. The average molecular weight is 345 g/mol. The van der Waals surface area contributed by atoms with Gasteiger partial charge in [-0.3, -0.25) is 4.79 Å². The van der Waals surface area contributed by atoms with Crippen LogP contribution in [0.25, 0.3) is 0 Å². The molecule has 2 atom stereocenters. The number of halogens is 1. The van der Waals surface area contributed by atoms with Crippen LogP contribution in [0.3, 0.4) is 0 Å². The molecule has 6 heteroatoms. The van der Waals surface area contributed by atoms with Crippen LogP contribution in [-0.4, -0.2) is 27.8 Å². The van der Waals surface area contributed by atoms with Crippen LogP contribution in [0.2, 0.25) is 5.02 Å². The Kier molecular flexibility index (Phi) is 4.89. The maximum Gasteiger partial charge on any atom is 0.290 e. The minimum Gasteiger partial charge on any atom is -0.378 e. The van der Waals surface area contributed by atoms with Crippen molar-refractivity contribution in [2.24, 2.45) is 0 Å². The van der Waals surface area contributed by atoms with E-state index < -0.39 is 5.60 Å². The number of nitrogens with zero attached hydrogens (tertiary/aromatic N) is 1. The Morgan fingerprint density at radius 1 is 1.46 bits per heavy atom. The molecule has 1 unspecified atom stereocenters. The first-order valence-corrected chi connectivity index (χ1v) is 8.15. The van der Waals surface area contributed by atoms with Crippen LogP contribution in [0.15, 0.2) is 41.1 Å². The molecule has 1 aromatic carbocycles. The molecule has 2 aromatic rings. The first-order chi connectivity index (χ1) is 11.5. The molecule has 3 rings (SSSR count). The molecule has 1 fully saturated rings. The summed E-state index contributed by atoms with van der Waals surface area (Å²) < 4.78 is 4.84. The van der Waals surface area contributed by atoms with E-state index in [0.717, 1.165) is 18.4 Å². The summed E-state index contributed by atoms with van der Waals surface area (Å²) in [5, 5.41) is 17.7. The number of aromatic nitrogens is 1. The second-order valence-electron chi connectivity index (χ2n) is 5.94. The summed E-state index contributed by atoms with van der Waals surface area (Å²) in [4.78, 5) is 12.0. The van der Waals surface area contributed by atoms with Crippen molar-refractivity contribution in [2.75, 3.05) is 0 Å². The number of benzene rings is 1. The summed E-state index contributed by atoms with van der Waals surface area (Å²) in [7, 11) is 0. The van der Waals surface area contributed by atoms with Crippen molar-refractivity contribution in [3.63, 3.8) is 0 Å². The van der Waals surface area contributed by atoms with Crippen molar-refractivity contribution in [2.45, 2.75) is 37.3 Å². The topological polar surface area (TPSA) is 75.4 Å². The number of nitrogens with one attached hydrogen (secondary N) is 1. The van der Waals surface area contributed by atoms with Gasteiger partial charge in [-0.15, -0.1) is 0 Å². The molecule has 124 valence electrons. The second-order valence-corrected chi connectivity index (χ2v) is 6.37. The van der Waals surface area contributed by atoms with Crippen molar-refractivity contribution < 1.29 is 14.4 Å². The van der Waals surface area contributed by atoms with E-state index in [9.17, 15) is 9.90 Å². The molecule has 2 N–H and O–H groups in total. The molecule has 0 aliphatic heterocycles. The molecule has 5 nitrogen and oxygen atoms in total. The summed E-state index contributed by atoms with van der Waals surface area (Å²) in [5.74, 6) is 5.74. The van der Waals surface area contributed by atoms with Gasteiger partial charge in [0.15, 0.2) is 0 Å². The molecule has 0 radical (unpaired) electrons. The smallest absolute Gasteiger partial charge is 0.290 e. The molecule has 1 aliphatic carbocycles. The standard InChI is InChI=1S/C18H17ClN2O3/c19-14-4-1-3-13(11-14)6-9-18(23)8-2-5-15(12-18)21-17(22)16-7-10-20-24-16/h1,3-4,7,10-11,15,23H,2,5,8,12H2,(H,21,22)/t15-,18?/m0/s1. The minimum atomic E-state index is -1.13. The zero-order valence-electron chi connectivity index (χ0n) is 13.0. The maximum atomic E-state index is 12.0. The predicted molar refractivity (Wildman–Crippen MR) is 89.5 cm³/mol. The van der Waals surface area contributed by atoms with Crippen LogP contribution < -0.4 is 5.32 Å². The molecule has 24 heavy (non-hydrogen) atoms. The van der Waals surface area contributed by atoms with Crippen molar-refractivity contribution >= 4 is 17.5 Å². The van der Waals surface area contributed by atoms with E-state index in [1.54, 1.807) is 12.1 Å². The van der Waals surface area contributed by atoms with E-state index >= 15 is 0 Å². The lowest BCUT2D eigenvalue weighted by molar-refractivity contribution is 0.0446. The van der Waals surface area contributed by atoms with Gasteiger partial charge in [0.25, 0.3) is 5.91 Å². The number of hydrogen-bond donors (Lipinski definition) is 2. The maximum absolute atomic E-state index is 12.0. The van der Waals surface area contributed by atoms with E-state index in [0.29, 0.717) is 17.9 Å². The van der Waals surface area contributed by atoms with Gasteiger partial charge in [0, 0.05) is 29.1 Å². The fraction of sp³-hybridized carbons (Fsp3) is 0.333. The van der Waals surface area contributed by atoms with E-state index in [-0.39, 0.29) is 17.7 Å². The first kappa shape index (κ1) is 16.6. The molecular formula is C18H17ClN2O3. The number of carbonyl (C=O) groups is 1. The Morgan fingerprint density at radius 3 is 3.08 bits per heavy atom. The summed E-state index contributed by atoms with van der Waals surface area (Å²) in [6, 6.07) is 8.53. The van der Waals surface area contributed by atoms with E-state index in [4.69, 9.17) is 16.1 Å². The van der Waals surface area contributed by atoms with Gasteiger partial charge in [-0.05, 0) is 37.5 Å². The van der Waals surface area contributed by atoms with Crippen molar-refractivity contribution in [3.8, 4) is 11.8 Å². The number of hydrogen-bond acceptors (Lipinski definition) is 4. The van der Waals surface area contributed by atoms with Crippen LogP contribution in [0.5, 0.6) is 0 Å². The zero-order valence-corrected chi connectivity index (χ0v) is 13.7. The lowest BCUT2D eigenvalue weighted by Crippen LogP contribution is -2.45. The van der Waals surface area contributed by atoms with Gasteiger partial charge in [-0.25, -0.2) is 0 Å². The van der Waals surface area contributed by atoms with Crippen LogP contribution >= 0.6 is 11.6 Å². The Hall–Kier alpha value is -2.29. The Labute approximate surface area is 145 Å². The Morgan fingerprint density at radius 2 is 2.33 bits per heavy atom. The molecular weight excluding hydrogens is 328 g/mol. The highest BCUT2D eigenvalue weighted by Crippen LogP contribution is 2.28. The largest absolute Gasteiger partial charge is 0.378 e. The van der Waals surface area contributed by atoms with Gasteiger partial charge in [0.1, 0.15) is 5.60 Å². The normalized spacial score (nSPS) is 23.2. The number of rotatable bonds is 2. The third-order valence-electron chi connectivity index (χ3n) is 3.99. The summed E-state index contributed by atoms with van der Waals surface area (Å²) in [6.07, 6.45) is 3.95. The van der Waals surface area contributed by atoms with Gasteiger partial charge >= 0.3 is 0 Å². The molecule has 1 amide bonds. The van der Waals surface area contributed by atoms with Crippen molar-refractivity contribution in [1.82, 2.24) is 10.5 Å². The lowest BCUT2D eigenvalue weighted by atomic mass is 9.82. The van der Waals surface area contributed by atoms with Gasteiger partial charge in [-0.2, -0.15) is 0 Å². The minimum absolute atomic E-state index is 0.157. The van der Waals surface area contributed by atoms with Crippen molar-refractivity contribution in [1.29, 1.82) is 0 Å². The zero-order chi connectivity index (χ0) is 17.0. The van der Waals surface area contributed by atoms with Gasteiger partial charge in [0.2, 0.25) is 5.76 Å². The van der Waals surface area contributed by atoms with Gasteiger partial charge in [0.05, 0.1) is 6.20 Å². The van der Waals surface area contributed by atoms with Crippen LogP contribution in [0, 0.1) is 11.8 Å². The Balaban J connectivity index is 1.67. The lowest BCUT2D eigenvalue weighted by Gasteiger charge is -2.33. The van der Waals surface area contributed by atoms with Crippen LogP contribution in [0.4, 0.5) is 0 Å². The van der Waals surface area contributed by atoms with E-state index in [1.807, 2.05) is 12.1 Å². The van der Waals surface area contributed by atoms with Gasteiger partial charge < -0.3 is 14.9 Å². The quantitative estimate of drug-likeness (QED) is 0.821. The SMILES string of the molecule is O=C(N[C@H]1CCCC(O)(C#Cc2cccc(Cl)c2)C1)c1ccno1. The predicted octanol–water partition coefficient (Wildman–Crippen LogP) is 2.78. The molecule has 1 heterocycles. The summed E-state index contributed by atoms with van der Waals surface area (Å²) >= 11 is 5.94. The molecule has 1 aromatic heterocycles. The van der Waals surface area contributed by atoms with E-state index in [2.05, 4.69) is 22.3 Å². The molecule has 0 saturated heterocycles. The Bertz CT molecular complexity index is 779. The van der Waals surface area contributed by atoms with Gasteiger partial charge in [-0.1, -0.05) is 34.7 Å². The third kappa shape index (κ3) is 4.16. The molecule has 1 aliphatic rings. The van der Waals surface area contributed by atoms with Crippen LogP contribution in [0.1, 0.15) is 41.8 Å². The number of carbonyl (C=O) groups excluding carboxylic acids is 1. The molecule has 0 bridgehead atoms. The van der Waals surface area contributed by atoms with Crippen molar-refractivity contribution in [3.05, 3.63) is 52.9 Å². The monoisotopic (exact) mass is 344 g/mol. The average Bonchev–Trinajstić information content (AvgIpc) is 3.08. The first-order valence-electron chi connectivity index (χ1n) is 7.77. The second kappa shape index (κ2) is 7.08.